The van der Waals surface area contributed by atoms with E-state index in [-0.39, 0.29) is 0 Å². The zero-order chi connectivity index (χ0) is 11.4. The van der Waals surface area contributed by atoms with E-state index in [1.54, 1.807) is 11.3 Å². The second kappa shape index (κ2) is 5.57. The van der Waals surface area contributed by atoms with Crippen LogP contribution in [0, 0.1) is 6.92 Å². The van der Waals surface area contributed by atoms with E-state index in [1.165, 1.54) is 14.8 Å². The molecule has 0 saturated heterocycles. The molecule has 2 nitrogen and oxygen atoms in total. The van der Waals surface area contributed by atoms with Gasteiger partial charge in [0.15, 0.2) is 0 Å². The lowest BCUT2D eigenvalue weighted by molar-refractivity contribution is 0.557. The molecule has 1 atom stereocenters. The number of hydrogen-bond acceptors (Lipinski definition) is 4. The van der Waals surface area contributed by atoms with Crippen LogP contribution in [0.15, 0.2) is 23.7 Å². The van der Waals surface area contributed by atoms with Gasteiger partial charge < -0.3 is 5.32 Å². The maximum atomic E-state index is 4.35. The van der Waals surface area contributed by atoms with E-state index in [0.717, 1.165) is 13.0 Å². The summed E-state index contributed by atoms with van der Waals surface area (Å²) in [6.07, 6.45) is 2.87. The van der Waals surface area contributed by atoms with Crippen molar-refractivity contribution in [1.82, 2.24) is 10.3 Å². The van der Waals surface area contributed by atoms with E-state index in [1.807, 2.05) is 22.9 Å². The van der Waals surface area contributed by atoms with Gasteiger partial charge in [0.1, 0.15) is 0 Å². The SMILES string of the molecule is CCNC(Cc1nccs1)c1ccc(C)s1. The Labute approximate surface area is 104 Å². The normalized spacial score (nSPS) is 12.9. The van der Waals surface area contributed by atoms with Crippen molar-refractivity contribution in [3.05, 3.63) is 38.5 Å². The monoisotopic (exact) mass is 252 g/mol. The Balaban J connectivity index is 2.11. The molecule has 4 heteroatoms. The molecule has 1 N–H and O–H groups in total. The molecule has 0 amide bonds. The molecule has 2 aromatic rings. The lowest BCUT2D eigenvalue weighted by Crippen LogP contribution is -2.21. The van der Waals surface area contributed by atoms with Gasteiger partial charge in [-0.1, -0.05) is 6.92 Å². The fourth-order valence-electron chi connectivity index (χ4n) is 1.69. The smallest absolute Gasteiger partial charge is 0.0944 e. The third-order valence-electron chi connectivity index (χ3n) is 2.42. The van der Waals surface area contributed by atoms with Gasteiger partial charge in [0.2, 0.25) is 0 Å². The maximum absolute atomic E-state index is 4.35. The molecule has 0 aliphatic heterocycles. The molecule has 2 aromatic heterocycles. The second-order valence-corrected chi connectivity index (χ2v) is 5.99. The number of aryl methyl sites for hydroxylation is 1. The number of nitrogens with zero attached hydrogens (tertiary/aromatic N) is 1. The van der Waals surface area contributed by atoms with Crippen LogP contribution in [0.25, 0.3) is 0 Å². The van der Waals surface area contributed by atoms with Crippen molar-refractivity contribution in [3.8, 4) is 0 Å². The van der Waals surface area contributed by atoms with Crippen molar-refractivity contribution in [2.45, 2.75) is 26.3 Å². The van der Waals surface area contributed by atoms with Crippen molar-refractivity contribution in [1.29, 1.82) is 0 Å². The van der Waals surface area contributed by atoms with Gasteiger partial charge in [-0.25, -0.2) is 4.98 Å². The van der Waals surface area contributed by atoms with Gasteiger partial charge in [0.05, 0.1) is 5.01 Å². The lowest BCUT2D eigenvalue weighted by Gasteiger charge is -2.14. The standard InChI is InChI=1S/C12H16N2S2/c1-3-13-10(8-12-14-6-7-15-12)11-5-4-9(2)16-11/h4-7,10,13H,3,8H2,1-2H3. The zero-order valence-electron chi connectivity index (χ0n) is 9.56. The molecule has 0 radical (unpaired) electrons. The van der Waals surface area contributed by atoms with Crippen molar-refractivity contribution in [2.75, 3.05) is 6.54 Å². The molecule has 1 unspecified atom stereocenters. The second-order valence-electron chi connectivity index (χ2n) is 3.69. The molecule has 2 rings (SSSR count). The number of thiazole rings is 1. The first-order valence-corrected chi connectivity index (χ1v) is 7.17. The van der Waals surface area contributed by atoms with E-state index in [9.17, 15) is 0 Å². The fraction of sp³-hybridized carbons (Fsp3) is 0.417. The third kappa shape index (κ3) is 2.90. The van der Waals surface area contributed by atoms with Crippen molar-refractivity contribution in [3.63, 3.8) is 0 Å². The number of aromatic nitrogens is 1. The highest BCUT2D eigenvalue weighted by atomic mass is 32.1. The number of likely N-dealkylation sites (N-methyl/N-ethyl adjacent to an activating group) is 1. The highest BCUT2D eigenvalue weighted by Crippen LogP contribution is 2.26. The van der Waals surface area contributed by atoms with Crippen LogP contribution in [-0.4, -0.2) is 11.5 Å². The van der Waals surface area contributed by atoms with Crippen molar-refractivity contribution in [2.24, 2.45) is 0 Å². The van der Waals surface area contributed by atoms with Gasteiger partial charge in [-0.05, 0) is 25.6 Å². The zero-order valence-corrected chi connectivity index (χ0v) is 11.2. The number of nitrogens with one attached hydrogen (secondary N) is 1. The molecule has 0 saturated carbocycles. The van der Waals surface area contributed by atoms with Crippen LogP contribution in [-0.2, 0) is 6.42 Å². The van der Waals surface area contributed by atoms with Gasteiger partial charge in [0, 0.05) is 33.8 Å². The first-order valence-electron chi connectivity index (χ1n) is 5.47. The first-order chi connectivity index (χ1) is 7.79. The minimum atomic E-state index is 0.412. The molecule has 0 spiro atoms. The Bertz CT molecular complexity index is 420. The quantitative estimate of drug-likeness (QED) is 0.882. The Morgan fingerprint density at radius 2 is 2.31 bits per heavy atom. The summed E-state index contributed by atoms with van der Waals surface area (Å²) in [5.74, 6) is 0. The van der Waals surface area contributed by atoms with Gasteiger partial charge in [-0.2, -0.15) is 0 Å². The highest BCUT2D eigenvalue weighted by molar-refractivity contribution is 7.12. The minimum Gasteiger partial charge on any atom is -0.309 e. The van der Waals surface area contributed by atoms with Crippen LogP contribution in [0.4, 0.5) is 0 Å². The van der Waals surface area contributed by atoms with Crippen LogP contribution in [0.2, 0.25) is 0 Å². The number of thiophene rings is 1. The summed E-state index contributed by atoms with van der Waals surface area (Å²) in [6.45, 7) is 5.29. The Morgan fingerprint density at radius 1 is 1.44 bits per heavy atom. The Kier molecular flexibility index (Phi) is 4.09. The minimum absolute atomic E-state index is 0.412. The van der Waals surface area contributed by atoms with Gasteiger partial charge in [-0.3, -0.25) is 0 Å². The highest BCUT2D eigenvalue weighted by Gasteiger charge is 2.14. The molecular formula is C12H16N2S2. The third-order valence-corrected chi connectivity index (χ3v) is 4.33. The Morgan fingerprint density at radius 3 is 2.88 bits per heavy atom. The van der Waals surface area contributed by atoms with Crippen molar-refractivity contribution >= 4 is 22.7 Å². The van der Waals surface area contributed by atoms with Crippen molar-refractivity contribution < 1.29 is 0 Å². The summed E-state index contributed by atoms with van der Waals surface area (Å²) in [5, 5.41) is 6.77. The molecular weight excluding hydrogens is 236 g/mol. The molecule has 0 aromatic carbocycles. The summed E-state index contributed by atoms with van der Waals surface area (Å²) in [4.78, 5) is 7.14. The van der Waals surface area contributed by atoms with E-state index in [2.05, 4.69) is 36.3 Å². The summed E-state index contributed by atoms with van der Waals surface area (Å²) in [6, 6.07) is 4.82. The number of hydrogen-bond donors (Lipinski definition) is 1. The predicted molar refractivity (Wildman–Crippen MR) is 71.3 cm³/mol. The fourth-order valence-corrected chi connectivity index (χ4v) is 3.31. The molecule has 0 aliphatic carbocycles. The van der Waals surface area contributed by atoms with Crippen LogP contribution < -0.4 is 5.32 Å². The van der Waals surface area contributed by atoms with E-state index in [4.69, 9.17) is 0 Å². The Hall–Kier alpha value is -0.710. The van der Waals surface area contributed by atoms with E-state index >= 15 is 0 Å². The van der Waals surface area contributed by atoms with Gasteiger partial charge in [0.25, 0.3) is 0 Å². The summed E-state index contributed by atoms with van der Waals surface area (Å²) in [5.41, 5.74) is 0. The average Bonchev–Trinajstić information content (AvgIpc) is 2.88. The predicted octanol–water partition coefficient (Wildman–Crippen LogP) is 3.41. The number of rotatable bonds is 5. The summed E-state index contributed by atoms with van der Waals surface area (Å²) >= 11 is 3.60. The van der Waals surface area contributed by atoms with E-state index < -0.39 is 0 Å². The van der Waals surface area contributed by atoms with E-state index in [0.29, 0.717) is 6.04 Å². The maximum Gasteiger partial charge on any atom is 0.0944 e. The molecule has 0 bridgehead atoms. The first kappa shape index (κ1) is 11.8. The topological polar surface area (TPSA) is 24.9 Å². The molecule has 0 aliphatic rings. The molecule has 86 valence electrons. The van der Waals surface area contributed by atoms with Crippen LogP contribution in [0.3, 0.4) is 0 Å². The van der Waals surface area contributed by atoms with Crippen LogP contribution in [0.1, 0.15) is 27.7 Å². The lowest BCUT2D eigenvalue weighted by atomic mass is 10.2. The molecule has 2 heterocycles. The van der Waals surface area contributed by atoms with Gasteiger partial charge in [-0.15, -0.1) is 22.7 Å². The summed E-state index contributed by atoms with van der Waals surface area (Å²) in [7, 11) is 0. The molecule has 16 heavy (non-hydrogen) atoms. The molecule has 0 fully saturated rings. The average molecular weight is 252 g/mol. The largest absolute Gasteiger partial charge is 0.309 e. The van der Waals surface area contributed by atoms with Gasteiger partial charge >= 0.3 is 0 Å². The van der Waals surface area contributed by atoms with Crippen LogP contribution >= 0.6 is 22.7 Å². The van der Waals surface area contributed by atoms with Crippen LogP contribution in [0.5, 0.6) is 0 Å². The summed E-state index contributed by atoms with van der Waals surface area (Å²) < 4.78 is 0.